The maximum absolute atomic E-state index is 12.4. The third-order valence-corrected chi connectivity index (χ3v) is 4.39. The molecule has 0 fully saturated rings. The van der Waals surface area contributed by atoms with Crippen LogP contribution in [0, 0.1) is 0 Å². The Bertz CT molecular complexity index is 538. The van der Waals surface area contributed by atoms with Crippen molar-refractivity contribution in [3.8, 4) is 0 Å². The summed E-state index contributed by atoms with van der Waals surface area (Å²) in [5.74, 6) is -0.219. The van der Waals surface area contributed by atoms with Crippen LogP contribution < -0.4 is 10.6 Å². The molecule has 122 valence electrons. The predicted octanol–water partition coefficient (Wildman–Crippen LogP) is 3.00. The van der Waals surface area contributed by atoms with Crippen molar-refractivity contribution in [2.24, 2.45) is 0 Å². The van der Waals surface area contributed by atoms with E-state index in [0.29, 0.717) is 18.8 Å². The van der Waals surface area contributed by atoms with Crippen LogP contribution in [-0.2, 0) is 9.59 Å². The first-order chi connectivity index (χ1) is 10.4. The largest absolute Gasteiger partial charge is 0.355 e. The maximum Gasteiger partial charge on any atom is 0.241 e. The van der Waals surface area contributed by atoms with Gasteiger partial charge in [-0.25, -0.2) is 0 Å². The zero-order valence-corrected chi connectivity index (χ0v) is 16.1. The summed E-state index contributed by atoms with van der Waals surface area (Å²) in [6.45, 7) is 7.01. The van der Waals surface area contributed by atoms with E-state index in [-0.39, 0.29) is 18.4 Å². The quantitative estimate of drug-likeness (QED) is 0.693. The Kier molecular flexibility index (Phi) is 8.06. The number of benzene rings is 1. The van der Waals surface area contributed by atoms with Crippen molar-refractivity contribution in [2.45, 2.75) is 26.8 Å². The molecule has 0 aliphatic rings. The van der Waals surface area contributed by atoms with Crippen molar-refractivity contribution in [1.82, 2.24) is 10.2 Å². The van der Waals surface area contributed by atoms with Gasteiger partial charge in [0, 0.05) is 15.5 Å². The van der Waals surface area contributed by atoms with E-state index in [1.165, 1.54) is 0 Å². The smallest absolute Gasteiger partial charge is 0.241 e. The lowest BCUT2D eigenvalue weighted by atomic mass is 10.2. The fourth-order valence-electron chi connectivity index (χ4n) is 1.95. The van der Waals surface area contributed by atoms with Crippen LogP contribution in [0.15, 0.2) is 27.1 Å². The van der Waals surface area contributed by atoms with Gasteiger partial charge in [0.1, 0.15) is 0 Å². The van der Waals surface area contributed by atoms with Gasteiger partial charge in [0.25, 0.3) is 0 Å². The summed E-state index contributed by atoms with van der Waals surface area (Å²) in [7, 11) is 0. The van der Waals surface area contributed by atoms with Crippen LogP contribution >= 0.6 is 31.9 Å². The minimum absolute atomic E-state index is 0.0752. The summed E-state index contributed by atoms with van der Waals surface area (Å²) < 4.78 is 1.73. The summed E-state index contributed by atoms with van der Waals surface area (Å²) in [5, 5.41) is 5.62. The molecule has 0 spiro atoms. The van der Waals surface area contributed by atoms with Gasteiger partial charge >= 0.3 is 0 Å². The number of hydrogen-bond acceptors (Lipinski definition) is 3. The lowest BCUT2D eigenvalue weighted by Crippen LogP contribution is -2.46. The summed E-state index contributed by atoms with van der Waals surface area (Å²) >= 11 is 6.79. The molecule has 1 aromatic carbocycles. The average Bonchev–Trinajstić information content (AvgIpc) is 2.47. The van der Waals surface area contributed by atoms with Crippen LogP contribution in [0.2, 0.25) is 0 Å². The molecule has 1 aromatic rings. The van der Waals surface area contributed by atoms with E-state index in [4.69, 9.17) is 0 Å². The van der Waals surface area contributed by atoms with Crippen LogP contribution in [-0.4, -0.2) is 42.4 Å². The molecule has 0 aromatic heterocycles. The highest BCUT2D eigenvalue weighted by atomic mass is 79.9. The highest BCUT2D eigenvalue weighted by Crippen LogP contribution is 2.26. The van der Waals surface area contributed by atoms with E-state index in [1.807, 2.05) is 36.9 Å². The molecular weight excluding hydrogens is 414 g/mol. The zero-order valence-electron chi connectivity index (χ0n) is 13.0. The minimum atomic E-state index is -0.400. The second kappa shape index (κ2) is 9.27. The van der Waals surface area contributed by atoms with Gasteiger partial charge in [-0.2, -0.15) is 0 Å². The Morgan fingerprint density at radius 3 is 2.50 bits per heavy atom. The molecule has 2 N–H and O–H groups in total. The van der Waals surface area contributed by atoms with Crippen LogP contribution in [0.3, 0.4) is 0 Å². The monoisotopic (exact) mass is 433 g/mol. The molecule has 22 heavy (non-hydrogen) atoms. The van der Waals surface area contributed by atoms with Crippen LogP contribution in [0.4, 0.5) is 5.69 Å². The number of hydrogen-bond donors (Lipinski definition) is 2. The number of rotatable bonds is 7. The molecule has 0 radical (unpaired) electrons. The second-order valence-electron chi connectivity index (χ2n) is 4.81. The summed E-state index contributed by atoms with van der Waals surface area (Å²) in [6, 6.07) is 5.14. The third kappa shape index (κ3) is 5.70. The number of nitrogens with one attached hydrogen (secondary N) is 2. The number of amides is 2. The van der Waals surface area contributed by atoms with Gasteiger partial charge in [-0.05, 0) is 54.5 Å². The predicted molar refractivity (Wildman–Crippen MR) is 95.9 cm³/mol. The fourth-order valence-corrected chi connectivity index (χ4v) is 3.10. The molecule has 0 aliphatic carbocycles. The Morgan fingerprint density at radius 1 is 1.27 bits per heavy atom. The van der Waals surface area contributed by atoms with Crippen molar-refractivity contribution in [2.75, 3.05) is 25.0 Å². The van der Waals surface area contributed by atoms with Gasteiger partial charge in [0.2, 0.25) is 11.8 Å². The van der Waals surface area contributed by atoms with E-state index >= 15 is 0 Å². The van der Waals surface area contributed by atoms with E-state index in [1.54, 1.807) is 6.92 Å². The molecular formula is C15H21Br2N3O2. The van der Waals surface area contributed by atoms with Crippen molar-refractivity contribution < 1.29 is 9.59 Å². The first kappa shape index (κ1) is 19.1. The first-order valence-electron chi connectivity index (χ1n) is 7.15. The summed E-state index contributed by atoms with van der Waals surface area (Å²) in [4.78, 5) is 25.9. The molecule has 0 aliphatic heterocycles. The van der Waals surface area contributed by atoms with E-state index in [0.717, 1.165) is 8.95 Å². The highest BCUT2D eigenvalue weighted by molar-refractivity contribution is 9.11. The Labute approximate surface area is 148 Å². The molecule has 7 heteroatoms. The number of anilines is 1. The Balaban J connectivity index is 2.71. The normalized spacial score (nSPS) is 12.1. The Morgan fingerprint density at radius 2 is 1.95 bits per heavy atom. The maximum atomic E-state index is 12.4. The van der Waals surface area contributed by atoms with Crippen LogP contribution in [0.5, 0.6) is 0 Å². The second-order valence-corrected chi connectivity index (χ2v) is 6.58. The number of likely N-dealkylation sites (N-methyl/N-ethyl adjacent to an activating group) is 2. The number of halogens is 2. The van der Waals surface area contributed by atoms with Gasteiger partial charge in [-0.15, -0.1) is 0 Å². The van der Waals surface area contributed by atoms with Crippen molar-refractivity contribution in [1.29, 1.82) is 0 Å². The molecule has 1 atom stereocenters. The van der Waals surface area contributed by atoms with E-state index in [9.17, 15) is 9.59 Å². The molecule has 0 bridgehead atoms. The topological polar surface area (TPSA) is 61.4 Å². The number of carbonyl (C=O) groups excluding carboxylic acids is 2. The molecule has 0 saturated heterocycles. The lowest BCUT2D eigenvalue weighted by Gasteiger charge is -2.26. The fraction of sp³-hybridized carbons (Fsp3) is 0.467. The third-order valence-electron chi connectivity index (χ3n) is 3.24. The average molecular weight is 435 g/mol. The number of nitrogens with zero attached hydrogens (tertiary/aromatic N) is 1. The zero-order chi connectivity index (χ0) is 16.7. The molecule has 2 amide bonds. The Hall–Kier alpha value is -0.920. The van der Waals surface area contributed by atoms with Gasteiger partial charge in [0.05, 0.1) is 18.3 Å². The molecule has 0 heterocycles. The molecule has 0 saturated carbocycles. The lowest BCUT2D eigenvalue weighted by molar-refractivity contribution is -0.125. The minimum Gasteiger partial charge on any atom is -0.355 e. The van der Waals surface area contributed by atoms with Gasteiger partial charge in [0.15, 0.2) is 0 Å². The summed E-state index contributed by atoms with van der Waals surface area (Å²) in [5.41, 5.74) is 0.703. The molecule has 1 rings (SSSR count). The van der Waals surface area contributed by atoms with Crippen LogP contribution in [0.1, 0.15) is 20.8 Å². The van der Waals surface area contributed by atoms with Crippen molar-refractivity contribution in [3.63, 3.8) is 0 Å². The molecule has 1 unspecified atom stereocenters. The van der Waals surface area contributed by atoms with Crippen molar-refractivity contribution in [3.05, 3.63) is 27.1 Å². The van der Waals surface area contributed by atoms with Gasteiger partial charge in [-0.3, -0.25) is 14.5 Å². The molecule has 5 nitrogen and oxygen atoms in total. The van der Waals surface area contributed by atoms with Crippen molar-refractivity contribution >= 4 is 49.4 Å². The standard InChI is InChI=1S/C15H21Br2N3O2/c1-4-18-14(21)9-20(5-2)10(3)15(22)19-13-7-6-11(16)8-12(13)17/h6-8,10H,4-5,9H2,1-3H3,(H,18,21)(H,19,22). The van der Waals surface area contributed by atoms with E-state index in [2.05, 4.69) is 42.5 Å². The van der Waals surface area contributed by atoms with Crippen LogP contribution in [0.25, 0.3) is 0 Å². The first-order valence-corrected chi connectivity index (χ1v) is 8.74. The highest BCUT2D eigenvalue weighted by Gasteiger charge is 2.22. The summed E-state index contributed by atoms with van der Waals surface area (Å²) in [6.07, 6.45) is 0. The van der Waals surface area contributed by atoms with Gasteiger partial charge < -0.3 is 10.6 Å². The van der Waals surface area contributed by atoms with E-state index < -0.39 is 6.04 Å². The number of carbonyl (C=O) groups is 2. The van der Waals surface area contributed by atoms with Gasteiger partial charge in [-0.1, -0.05) is 22.9 Å². The SMILES string of the molecule is CCNC(=O)CN(CC)C(C)C(=O)Nc1ccc(Br)cc1Br.